The summed E-state index contributed by atoms with van der Waals surface area (Å²) in [6, 6.07) is 3.41. The number of hydrogen-bond donors (Lipinski definition) is 1. The lowest BCUT2D eigenvalue weighted by Gasteiger charge is -2.56. The summed E-state index contributed by atoms with van der Waals surface area (Å²) in [4.78, 5) is 23.5. The fourth-order valence-corrected chi connectivity index (χ4v) is 6.70. The first-order chi connectivity index (χ1) is 14.3. The molecule has 8 heteroatoms. The summed E-state index contributed by atoms with van der Waals surface area (Å²) < 4.78 is 7.29. The lowest BCUT2D eigenvalue weighted by atomic mass is 9.49. The highest BCUT2D eigenvalue weighted by atomic mass is 16.6. The summed E-state index contributed by atoms with van der Waals surface area (Å²) in [6.45, 7) is 4.27. The minimum absolute atomic E-state index is 0.0232. The topological polar surface area (TPSA) is 103 Å². The zero-order chi connectivity index (χ0) is 21.0. The molecule has 4 saturated carbocycles. The Morgan fingerprint density at radius 1 is 1.23 bits per heavy atom. The fourth-order valence-electron chi connectivity index (χ4n) is 6.70. The van der Waals surface area contributed by atoms with Crippen molar-refractivity contribution >= 4 is 11.6 Å². The summed E-state index contributed by atoms with van der Waals surface area (Å²) in [7, 11) is 0. The number of aryl methyl sites for hydroxylation is 1. The Kier molecular flexibility index (Phi) is 4.48. The van der Waals surface area contributed by atoms with E-state index >= 15 is 0 Å². The van der Waals surface area contributed by atoms with Gasteiger partial charge in [-0.05, 0) is 87.7 Å². The molecule has 1 N–H and O–H groups in total. The van der Waals surface area contributed by atoms with Crippen LogP contribution in [0.4, 0.5) is 5.69 Å². The number of carbonyl (C=O) groups excluding carboxylic acids is 1. The number of nitro groups is 1. The Balaban J connectivity index is 1.23. The first-order valence-corrected chi connectivity index (χ1v) is 10.9. The lowest BCUT2D eigenvalue weighted by molar-refractivity contribution is -0.386. The van der Waals surface area contributed by atoms with Crippen LogP contribution in [0.5, 0.6) is 0 Å². The maximum atomic E-state index is 12.7. The van der Waals surface area contributed by atoms with Gasteiger partial charge in [-0.3, -0.25) is 19.6 Å². The Morgan fingerprint density at radius 2 is 1.87 bits per heavy atom. The highest BCUT2D eigenvalue weighted by Gasteiger charge is 2.50. The third-order valence-corrected chi connectivity index (χ3v) is 7.51. The molecule has 0 unspecified atom stereocenters. The van der Waals surface area contributed by atoms with Gasteiger partial charge in [0.1, 0.15) is 17.1 Å². The van der Waals surface area contributed by atoms with Gasteiger partial charge in [-0.1, -0.05) is 0 Å². The molecule has 0 aliphatic heterocycles. The van der Waals surface area contributed by atoms with Crippen molar-refractivity contribution in [1.29, 1.82) is 0 Å². The molecule has 0 radical (unpaired) electrons. The molecule has 2 aromatic rings. The van der Waals surface area contributed by atoms with Crippen molar-refractivity contribution in [2.45, 2.75) is 58.9 Å². The molecule has 30 heavy (non-hydrogen) atoms. The van der Waals surface area contributed by atoms with Crippen LogP contribution >= 0.6 is 0 Å². The molecule has 2 aromatic heterocycles. The van der Waals surface area contributed by atoms with Gasteiger partial charge >= 0.3 is 5.69 Å². The number of nitrogens with zero attached hydrogens (tertiary/aromatic N) is 3. The second-order valence-electron chi connectivity index (χ2n) is 9.80. The van der Waals surface area contributed by atoms with Crippen molar-refractivity contribution in [3.63, 3.8) is 0 Å². The van der Waals surface area contributed by atoms with Gasteiger partial charge in [0.2, 0.25) is 0 Å². The van der Waals surface area contributed by atoms with Gasteiger partial charge in [0.05, 0.1) is 11.5 Å². The van der Waals surface area contributed by atoms with E-state index in [9.17, 15) is 14.9 Å². The van der Waals surface area contributed by atoms with Crippen LogP contribution in [0.1, 0.15) is 66.2 Å². The van der Waals surface area contributed by atoms with E-state index in [0.29, 0.717) is 17.1 Å². The van der Waals surface area contributed by atoms with Crippen molar-refractivity contribution in [1.82, 2.24) is 15.1 Å². The van der Waals surface area contributed by atoms with Crippen LogP contribution in [-0.4, -0.2) is 27.2 Å². The number of aromatic nitrogens is 2. The molecule has 4 fully saturated rings. The summed E-state index contributed by atoms with van der Waals surface area (Å²) in [5, 5.41) is 18.5. The largest absolute Gasteiger partial charge is 0.454 e. The second kappa shape index (κ2) is 6.96. The Hall–Kier alpha value is -2.64. The molecule has 4 aliphatic carbocycles. The maximum Gasteiger partial charge on any atom is 0.312 e. The predicted octanol–water partition coefficient (Wildman–Crippen LogP) is 4.00. The standard InChI is InChI=1S/C22H28N4O4/c1-13-20(26(28)29)14(2)25(24-13)11-18-3-4-19(30-18)21(27)23-12-22-8-15-5-16(9-22)7-17(6-15)10-22/h3-4,15-17H,5-12H2,1-2H3,(H,23,27). The van der Waals surface area contributed by atoms with Crippen LogP contribution in [0.2, 0.25) is 0 Å². The normalized spacial score (nSPS) is 29.3. The number of rotatable bonds is 6. The van der Waals surface area contributed by atoms with Gasteiger partial charge < -0.3 is 9.73 Å². The number of hydrogen-bond acceptors (Lipinski definition) is 5. The van der Waals surface area contributed by atoms with Gasteiger partial charge in [0.15, 0.2) is 5.76 Å². The summed E-state index contributed by atoms with van der Waals surface area (Å²) in [6.07, 6.45) is 7.91. The Labute approximate surface area is 175 Å². The first kappa shape index (κ1) is 19.3. The fraction of sp³-hybridized carbons (Fsp3) is 0.636. The van der Waals surface area contributed by atoms with Crippen LogP contribution in [0, 0.1) is 47.1 Å². The third kappa shape index (κ3) is 3.32. The summed E-state index contributed by atoms with van der Waals surface area (Å²) >= 11 is 0. The quantitative estimate of drug-likeness (QED) is 0.571. The Bertz CT molecular complexity index is 970. The number of nitrogens with one attached hydrogen (secondary N) is 1. The molecule has 6 rings (SSSR count). The van der Waals surface area contributed by atoms with E-state index in [-0.39, 0.29) is 29.3 Å². The predicted molar refractivity (Wildman–Crippen MR) is 109 cm³/mol. The van der Waals surface area contributed by atoms with E-state index in [4.69, 9.17) is 4.42 Å². The average Bonchev–Trinajstić information content (AvgIpc) is 3.23. The molecule has 4 aliphatic rings. The van der Waals surface area contributed by atoms with E-state index in [0.717, 1.165) is 24.3 Å². The molecule has 0 atom stereocenters. The molecular weight excluding hydrogens is 384 g/mol. The van der Waals surface area contributed by atoms with Gasteiger partial charge in [-0.2, -0.15) is 5.10 Å². The lowest BCUT2D eigenvalue weighted by Crippen LogP contribution is -2.51. The van der Waals surface area contributed by atoms with Crippen molar-refractivity contribution in [2.75, 3.05) is 6.54 Å². The molecule has 0 saturated heterocycles. The van der Waals surface area contributed by atoms with Crippen LogP contribution < -0.4 is 5.32 Å². The highest BCUT2D eigenvalue weighted by molar-refractivity contribution is 5.91. The maximum absolute atomic E-state index is 12.7. The van der Waals surface area contributed by atoms with Crippen LogP contribution in [0.3, 0.4) is 0 Å². The summed E-state index contributed by atoms with van der Waals surface area (Å²) in [5.41, 5.74) is 1.15. The van der Waals surface area contributed by atoms with E-state index in [1.165, 1.54) is 38.5 Å². The molecule has 160 valence electrons. The van der Waals surface area contributed by atoms with Gasteiger partial charge in [-0.25, -0.2) is 0 Å². The van der Waals surface area contributed by atoms with Crippen LogP contribution in [0.15, 0.2) is 16.5 Å². The van der Waals surface area contributed by atoms with Crippen molar-refractivity contribution < 1.29 is 14.1 Å². The Morgan fingerprint density at radius 3 is 2.43 bits per heavy atom. The molecular formula is C22H28N4O4. The molecule has 4 bridgehead atoms. The van der Waals surface area contributed by atoms with Gasteiger partial charge in [0, 0.05) is 6.54 Å². The zero-order valence-corrected chi connectivity index (χ0v) is 17.5. The van der Waals surface area contributed by atoms with E-state index in [2.05, 4.69) is 10.4 Å². The molecule has 8 nitrogen and oxygen atoms in total. The van der Waals surface area contributed by atoms with E-state index < -0.39 is 4.92 Å². The molecule has 1 amide bonds. The van der Waals surface area contributed by atoms with Crippen molar-refractivity contribution in [3.05, 3.63) is 45.2 Å². The smallest absolute Gasteiger partial charge is 0.312 e. The van der Waals surface area contributed by atoms with E-state index in [1.54, 1.807) is 30.7 Å². The van der Waals surface area contributed by atoms with Gasteiger partial charge in [0.25, 0.3) is 5.91 Å². The van der Waals surface area contributed by atoms with Crippen molar-refractivity contribution in [2.24, 2.45) is 23.2 Å². The van der Waals surface area contributed by atoms with Crippen LogP contribution in [0.25, 0.3) is 0 Å². The third-order valence-electron chi connectivity index (χ3n) is 7.51. The zero-order valence-electron chi connectivity index (χ0n) is 17.5. The molecule has 2 heterocycles. The van der Waals surface area contributed by atoms with Crippen LogP contribution in [-0.2, 0) is 6.54 Å². The second-order valence-corrected chi connectivity index (χ2v) is 9.80. The molecule has 0 spiro atoms. The SMILES string of the molecule is Cc1nn(Cc2ccc(C(=O)NCC34CC5CC(CC(C5)C3)C4)o2)c(C)c1[N+](=O)[O-]. The number of amides is 1. The average molecular weight is 412 g/mol. The highest BCUT2D eigenvalue weighted by Crippen LogP contribution is 2.59. The number of furan rings is 1. The van der Waals surface area contributed by atoms with E-state index in [1.807, 2.05) is 0 Å². The van der Waals surface area contributed by atoms with Crippen molar-refractivity contribution in [3.8, 4) is 0 Å². The van der Waals surface area contributed by atoms with Gasteiger partial charge in [-0.15, -0.1) is 0 Å². The molecule has 0 aromatic carbocycles. The first-order valence-electron chi connectivity index (χ1n) is 10.9. The minimum atomic E-state index is -0.417. The number of carbonyl (C=O) groups is 1. The minimum Gasteiger partial charge on any atom is -0.454 e. The summed E-state index contributed by atoms with van der Waals surface area (Å²) in [5.74, 6) is 3.21. The monoisotopic (exact) mass is 412 g/mol.